The number of amides is 1. The van der Waals surface area contributed by atoms with Crippen molar-refractivity contribution in [1.29, 1.82) is 0 Å². The second kappa shape index (κ2) is 7.65. The average Bonchev–Trinajstić information content (AvgIpc) is 3.09. The number of aromatic nitrogens is 1. The predicted molar refractivity (Wildman–Crippen MR) is 116 cm³/mol. The fourth-order valence-corrected chi connectivity index (χ4v) is 5.38. The normalized spacial score (nSPS) is 29.2. The Bertz CT molecular complexity index is 929. The lowest BCUT2D eigenvalue weighted by Gasteiger charge is -2.37. The van der Waals surface area contributed by atoms with E-state index in [0.717, 1.165) is 57.5 Å². The van der Waals surface area contributed by atoms with Gasteiger partial charge in [0.1, 0.15) is 5.69 Å². The van der Waals surface area contributed by atoms with Gasteiger partial charge >= 0.3 is 0 Å². The third kappa shape index (κ3) is 3.37. The summed E-state index contributed by atoms with van der Waals surface area (Å²) in [5.74, 6) is 0.551. The number of piperidine rings is 1. The molecule has 1 aromatic heterocycles. The molecule has 1 fully saturated rings. The highest BCUT2D eigenvalue weighted by molar-refractivity contribution is 5.96. The lowest BCUT2D eigenvalue weighted by molar-refractivity contribution is 0.0703. The van der Waals surface area contributed by atoms with Crippen LogP contribution in [0.3, 0.4) is 0 Å². The first-order chi connectivity index (χ1) is 14.5. The molecule has 2 atom stereocenters. The maximum atomic E-state index is 12.7. The maximum Gasteiger partial charge on any atom is 0.272 e. The number of carbonyl (C=O) groups is 1. The molecule has 1 amide bonds. The van der Waals surface area contributed by atoms with E-state index in [4.69, 9.17) is 4.84 Å². The first-order valence-corrected chi connectivity index (χ1v) is 11.1. The second-order valence-electron chi connectivity index (χ2n) is 9.20. The minimum atomic E-state index is -0.105. The molecule has 0 radical (unpaired) electrons. The van der Waals surface area contributed by atoms with Gasteiger partial charge in [-0.3, -0.25) is 9.78 Å². The number of hydrogen-bond donors (Lipinski definition) is 0. The average molecular weight is 407 g/mol. The molecule has 6 nitrogen and oxygen atoms in total. The molecule has 0 bridgehead atoms. The molecule has 1 aliphatic carbocycles. The Hall–Kier alpha value is -2.47. The second-order valence-corrected chi connectivity index (χ2v) is 9.20. The third-order valence-corrected chi connectivity index (χ3v) is 7.16. The van der Waals surface area contributed by atoms with Crippen LogP contribution in [0.4, 0.5) is 0 Å². The highest BCUT2D eigenvalue weighted by atomic mass is 16.6. The van der Waals surface area contributed by atoms with E-state index < -0.39 is 0 Å². The van der Waals surface area contributed by atoms with E-state index in [1.165, 1.54) is 11.3 Å². The van der Waals surface area contributed by atoms with Gasteiger partial charge in [-0.15, -0.1) is 0 Å². The summed E-state index contributed by atoms with van der Waals surface area (Å²) in [5.41, 5.74) is 4.10. The summed E-state index contributed by atoms with van der Waals surface area (Å²) in [6.45, 7) is 8.98. The molecular formula is C24H30N4O2. The Morgan fingerprint density at radius 1 is 1.23 bits per heavy atom. The van der Waals surface area contributed by atoms with E-state index in [9.17, 15) is 4.79 Å². The molecule has 158 valence electrons. The minimum absolute atomic E-state index is 0.0378. The molecule has 4 heterocycles. The highest BCUT2D eigenvalue weighted by Gasteiger charge is 2.47. The fraction of sp³-hybridized carbons (Fsp3) is 0.542. The predicted octanol–water partition coefficient (Wildman–Crippen LogP) is 3.07. The van der Waals surface area contributed by atoms with Gasteiger partial charge in [0, 0.05) is 31.7 Å². The lowest BCUT2D eigenvalue weighted by atomic mass is 9.70. The Labute approximate surface area is 178 Å². The summed E-state index contributed by atoms with van der Waals surface area (Å²) in [7, 11) is 0. The number of rotatable bonds is 4. The van der Waals surface area contributed by atoms with Crippen molar-refractivity contribution in [2.75, 3.05) is 32.7 Å². The first-order valence-electron chi connectivity index (χ1n) is 11.1. The minimum Gasteiger partial charge on any atom is -0.387 e. The highest BCUT2D eigenvalue weighted by Crippen LogP contribution is 2.42. The number of allylic oxidation sites excluding steroid dienone is 2. The van der Waals surface area contributed by atoms with Crippen LogP contribution in [-0.4, -0.2) is 65.2 Å². The van der Waals surface area contributed by atoms with Gasteiger partial charge in [0.15, 0.2) is 6.10 Å². The van der Waals surface area contributed by atoms with Crippen LogP contribution in [0.15, 0.2) is 47.3 Å². The van der Waals surface area contributed by atoms with Gasteiger partial charge in [0.25, 0.3) is 5.91 Å². The number of pyridine rings is 1. The summed E-state index contributed by atoms with van der Waals surface area (Å²) in [6, 6.07) is 3.93. The lowest BCUT2D eigenvalue weighted by Crippen LogP contribution is -2.46. The van der Waals surface area contributed by atoms with Gasteiger partial charge in [0.05, 0.1) is 11.1 Å². The molecule has 30 heavy (non-hydrogen) atoms. The van der Waals surface area contributed by atoms with Gasteiger partial charge in [-0.25, -0.2) is 0 Å². The summed E-state index contributed by atoms with van der Waals surface area (Å²) in [5, 5.41) is 4.53. The molecule has 4 aliphatic rings. The smallest absolute Gasteiger partial charge is 0.272 e. The van der Waals surface area contributed by atoms with Crippen LogP contribution < -0.4 is 0 Å². The third-order valence-electron chi connectivity index (χ3n) is 7.16. The van der Waals surface area contributed by atoms with Gasteiger partial charge < -0.3 is 14.6 Å². The van der Waals surface area contributed by atoms with Crippen molar-refractivity contribution < 1.29 is 9.63 Å². The Morgan fingerprint density at radius 2 is 2.07 bits per heavy atom. The van der Waals surface area contributed by atoms with E-state index in [-0.39, 0.29) is 17.4 Å². The van der Waals surface area contributed by atoms with Crippen LogP contribution in [0.25, 0.3) is 0 Å². The molecule has 0 saturated carbocycles. The molecule has 0 aromatic carbocycles. The standard InChI is InChI=1S/C24H30N4O2/c1-17-5-6-20-24(2,16-17)22(26-30-20)19-7-11-27(12-8-19)14-15-28-13-9-18-4-3-10-25-21(18)23(28)29/h3-6,10,16,19-20H,7-9,11-15H2,1-2H3. The summed E-state index contributed by atoms with van der Waals surface area (Å²) in [6.07, 6.45) is 11.4. The number of nitrogens with zero attached hydrogens (tertiary/aromatic N) is 4. The molecular weight excluding hydrogens is 376 g/mol. The molecule has 1 aromatic rings. The van der Waals surface area contributed by atoms with Crippen molar-refractivity contribution in [2.45, 2.75) is 39.2 Å². The number of oxime groups is 1. The van der Waals surface area contributed by atoms with Crippen molar-refractivity contribution in [2.24, 2.45) is 16.5 Å². The van der Waals surface area contributed by atoms with E-state index >= 15 is 0 Å². The van der Waals surface area contributed by atoms with Crippen molar-refractivity contribution in [3.63, 3.8) is 0 Å². The zero-order valence-electron chi connectivity index (χ0n) is 17.9. The van der Waals surface area contributed by atoms with Crippen LogP contribution in [0.2, 0.25) is 0 Å². The van der Waals surface area contributed by atoms with Crippen molar-refractivity contribution in [3.8, 4) is 0 Å². The van der Waals surface area contributed by atoms with Crippen molar-refractivity contribution >= 4 is 11.6 Å². The van der Waals surface area contributed by atoms with E-state index in [1.54, 1.807) is 6.20 Å². The van der Waals surface area contributed by atoms with Gasteiger partial charge in [-0.2, -0.15) is 0 Å². The monoisotopic (exact) mass is 406 g/mol. The summed E-state index contributed by atoms with van der Waals surface area (Å²) < 4.78 is 0. The Balaban J connectivity index is 1.15. The van der Waals surface area contributed by atoms with Crippen molar-refractivity contribution in [1.82, 2.24) is 14.8 Å². The topological polar surface area (TPSA) is 58.0 Å². The molecule has 6 heteroatoms. The maximum absolute atomic E-state index is 12.7. The van der Waals surface area contributed by atoms with E-state index in [0.29, 0.717) is 11.6 Å². The molecule has 2 unspecified atom stereocenters. The quantitative estimate of drug-likeness (QED) is 0.771. The van der Waals surface area contributed by atoms with Crippen LogP contribution >= 0.6 is 0 Å². The molecule has 0 spiro atoms. The first kappa shape index (κ1) is 19.5. The largest absolute Gasteiger partial charge is 0.387 e. The summed E-state index contributed by atoms with van der Waals surface area (Å²) in [4.78, 5) is 27.2. The van der Waals surface area contributed by atoms with Crippen LogP contribution in [-0.2, 0) is 11.3 Å². The number of fused-ring (bicyclic) bond motifs is 2. The zero-order chi connectivity index (χ0) is 20.7. The Kier molecular flexibility index (Phi) is 4.97. The van der Waals surface area contributed by atoms with Crippen LogP contribution in [0.5, 0.6) is 0 Å². The Morgan fingerprint density at radius 3 is 2.90 bits per heavy atom. The number of likely N-dealkylation sites (tertiary alicyclic amines) is 1. The molecule has 5 rings (SSSR count). The molecule has 0 N–H and O–H groups in total. The number of hydrogen-bond acceptors (Lipinski definition) is 5. The van der Waals surface area contributed by atoms with Gasteiger partial charge in [0.2, 0.25) is 0 Å². The van der Waals surface area contributed by atoms with Crippen molar-refractivity contribution in [3.05, 3.63) is 53.4 Å². The zero-order valence-corrected chi connectivity index (χ0v) is 17.9. The van der Waals surface area contributed by atoms with E-state index in [1.807, 2.05) is 17.0 Å². The van der Waals surface area contributed by atoms with Gasteiger partial charge in [-0.1, -0.05) is 28.9 Å². The SMILES string of the molecule is CC1=CC2(C)C(C3CCN(CCN4CCc5cccnc5C4=O)CC3)=NOC2C=C1. The van der Waals surface area contributed by atoms with E-state index in [2.05, 4.69) is 47.1 Å². The van der Waals surface area contributed by atoms with Crippen LogP contribution in [0, 0.1) is 11.3 Å². The van der Waals surface area contributed by atoms with Crippen LogP contribution in [0.1, 0.15) is 42.7 Å². The fourth-order valence-electron chi connectivity index (χ4n) is 5.38. The molecule has 3 aliphatic heterocycles. The van der Waals surface area contributed by atoms with Gasteiger partial charge in [-0.05, 0) is 63.9 Å². The molecule has 1 saturated heterocycles. The summed E-state index contributed by atoms with van der Waals surface area (Å²) >= 11 is 0. The number of carbonyl (C=O) groups excluding carboxylic acids is 1.